The summed E-state index contributed by atoms with van der Waals surface area (Å²) in [5, 5.41) is 3.60. The molecule has 0 aliphatic carbocycles. The molecule has 0 amide bonds. The SMILES string of the molecule is Cc1ccc([C@H](C)NCc2cccc(C)c2C)cc1. The van der Waals surface area contributed by atoms with Crippen LogP contribution in [0.3, 0.4) is 0 Å². The van der Waals surface area contributed by atoms with Gasteiger partial charge in [0.15, 0.2) is 0 Å². The second-order valence-electron chi connectivity index (χ2n) is 5.37. The van der Waals surface area contributed by atoms with E-state index in [2.05, 4.69) is 75.5 Å². The molecule has 0 spiro atoms. The molecule has 0 unspecified atom stereocenters. The number of aryl methyl sites for hydroxylation is 2. The van der Waals surface area contributed by atoms with Gasteiger partial charge in [0.05, 0.1) is 0 Å². The Morgan fingerprint density at radius 3 is 2.32 bits per heavy atom. The molecule has 0 saturated heterocycles. The van der Waals surface area contributed by atoms with Gasteiger partial charge in [-0.25, -0.2) is 0 Å². The largest absolute Gasteiger partial charge is 0.306 e. The number of rotatable bonds is 4. The van der Waals surface area contributed by atoms with E-state index in [1.54, 1.807) is 0 Å². The predicted octanol–water partition coefficient (Wildman–Crippen LogP) is 4.46. The highest BCUT2D eigenvalue weighted by molar-refractivity contribution is 5.33. The fraction of sp³-hybridized carbons (Fsp3) is 0.333. The molecule has 0 heterocycles. The molecule has 0 fully saturated rings. The second kappa shape index (κ2) is 6.03. The molecule has 2 rings (SSSR count). The van der Waals surface area contributed by atoms with E-state index in [0.29, 0.717) is 6.04 Å². The van der Waals surface area contributed by atoms with Gasteiger partial charge in [-0.2, -0.15) is 0 Å². The van der Waals surface area contributed by atoms with Crippen LogP contribution in [0.5, 0.6) is 0 Å². The third-order valence-corrected chi connectivity index (χ3v) is 3.89. The highest BCUT2D eigenvalue weighted by Gasteiger charge is 2.06. The van der Waals surface area contributed by atoms with Gasteiger partial charge >= 0.3 is 0 Å². The van der Waals surface area contributed by atoms with Gasteiger partial charge in [-0.05, 0) is 49.9 Å². The van der Waals surface area contributed by atoms with Crippen LogP contribution in [0, 0.1) is 20.8 Å². The molecule has 100 valence electrons. The molecule has 1 heteroatoms. The van der Waals surface area contributed by atoms with E-state index in [-0.39, 0.29) is 0 Å². The van der Waals surface area contributed by atoms with Crippen LogP contribution in [-0.2, 0) is 6.54 Å². The maximum absolute atomic E-state index is 3.60. The Morgan fingerprint density at radius 2 is 1.63 bits per heavy atom. The summed E-state index contributed by atoms with van der Waals surface area (Å²) in [6.45, 7) is 9.63. The number of hydrogen-bond donors (Lipinski definition) is 1. The van der Waals surface area contributed by atoms with E-state index < -0.39 is 0 Å². The first kappa shape index (κ1) is 13.8. The predicted molar refractivity (Wildman–Crippen MR) is 82.3 cm³/mol. The lowest BCUT2D eigenvalue weighted by atomic mass is 10.0. The van der Waals surface area contributed by atoms with Crippen molar-refractivity contribution in [2.45, 2.75) is 40.3 Å². The van der Waals surface area contributed by atoms with E-state index in [1.807, 2.05) is 0 Å². The van der Waals surface area contributed by atoms with Crippen LogP contribution in [0.1, 0.15) is 40.8 Å². The van der Waals surface area contributed by atoms with E-state index in [9.17, 15) is 0 Å². The van der Waals surface area contributed by atoms with E-state index in [4.69, 9.17) is 0 Å². The molecule has 1 N–H and O–H groups in total. The van der Waals surface area contributed by atoms with Crippen molar-refractivity contribution in [3.05, 3.63) is 70.3 Å². The Labute approximate surface area is 116 Å². The summed E-state index contributed by atoms with van der Waals surface area (Å²) in [6.07, 6.45) is 0. The number of benzene rings is 2. The fourth-order valence-corrected chi connectivity index (χ4v) is 2.24. The Balaban J connectivity index is 2.02. The molecule has 0 aromatic heterocycles. The highest BCUT2D eigenvalue weighted by Crippen LogP contribution is 2.16. The Hall–Kier alpha value is -1.60. The fourth-order valence-electron chi connectivity index (χ4n) is 2.24. The van der Waals surface area contributed by atoms with Gasteiger partial charge in [-0.15, -0.1) is 0 Å². The summed E-state index contributed by atoms with van der Waals surface area (Å²) in [5.74, 6) is 0. The lowest BCUT2D eigenvalue weighted by Gasteiger charge is -2.16. The first-order valence-corrected chi connectivity index (χ1v) is 6.93. The van der Waals surface area contributed by atoms with Gasteiger partial charge in [0.25, 0.3) is 0 Å². The van der Waals surface area contributed by atoms with Gasteiger partial charge in [0.2, 0.25) is 0 Å². The Kier molecular flexibility index (Phi) is 4.39. The number of nitrogens with one attached hydrogen (secondary N) is 1. The molecule has 19 heavy (non-hydrogen) atoms. The van der Waals surface area contributed by atoms with Crippen LogP contribution in [0.4, 0.5) is 0 Å². The molecule has 0 saturated carbocycles. The van der Waals surface area contributed by atoms with Crippen molar-refractivity contribution >= 4 is 0 Å². The van der Waals surface area contributed by atoms with E-state index in [0.717, 1.165) is 6.54 Å². The van der Waals surface area contributed by atoms with Crippen molar-refractivity contribution in [2.24, 2.45) is 0 Å². The maximum atomic E-state index is 3.60. The third-order valence-electron chi connectivity index (χ3n) is 3.89. The quantitative estimate of drug-likeness (QED) is 0.848. The zero-order valence-corrected chi connectivity index (χ0v) is 12.3. The van der Waals surface area contributed by atoms with E-state index >= 15 is 0 Å². The third kappa shape index (κ3) is 3.45. The maximum Gasteiger partial charge on any atom is 0.0294 e. The summed E-state index contributed by atoms with van der Waals surface area (Å²) >= 11 is 0. The van der Waals surface area contributed by atoms with Gasteiger partial charge in [-0.1, -0.05) is 48.0 Å². The standard InChI is InChI=1S/C18H23N/c1-13-8-10-17(11-9-13)16(4)19-12-18-7-5-6-14(2)15(18)3/h5-11,16,19H,12H2,1-4H3/t16-/m0/s1. The minimum absolute atomic E-state index is 0.375. The first-order valence-electron chi connectivity index (χ1n) is 6.93. The molecule has 0 radical (unpaired) electrons. The number of hydrogen-bond acceptors (Lipinski definition) is 1. The summed E-state index contributed by atoms with van der Waals surface area (Å²) in [7, 11) is 0. The molecular weight excluding hydrogens is 230 g/mol. The van der Waals surface area contributed by atoms with Crippen molar-refractivity contribution in [2.75, 3.05) is 0 Å². The molecular formula is C18H23N. The monoisotopic (exact) mass is 253 g/mol. The summed E-state index contributed by atoms with van der Waals surface area (Å²) < 4.78 is 0. The molecule has 1 atom stereocenters. The van der Waals surface area contributed by atoms with Gasteiger partial charge in [-0.3, -0.25) is 0 Å². The molecule has 1 nitrogen and oxygen atoms in total. The lowest BCUT2D eigenvalue weighted by molar-refractivity contribution is 0.573. The van der Waals surface area contributed by atoms with Crippen LogP contribution in [0.2, 0.25) is 0 Å². The van der Waals surface area contributed by atoms with E-state index in [1.165, 1.54) is 27.8 Å². The Morgan fingerprint density at radius 1 is 0.947 bits per heavy atom. The van der Waals surface area contributed by atoms with Gasteiger partial charge < -0.3 is 5.32 Å². The van der Waals surface area contributed by atoms with Crippen molar-refractivity contribution in [3.63, 3.8) is 0 Å². The highest BCUT2D eigenvalue weighted by atomic mass is 14.9. The van der Waals surface area contributed by atoms with Crippen LogP contribution < -0.4 is 5.32 Å². The van der Waals surface area contributed by atoms with Crippen molar-refractivity contribution in [3.8, 4) is 0 Å². The molecule has 2 aromatic carbocycles. The van der Waals surface area contributed by atoms with Crippen LogP contribution >= 0.6 is 0 Å². The summed E-state index contributed by atoms with van der Waals surface area (Å²) in [4.78, 5) is 0. The second-order valence-corrected chi connectivity index (χ2v) is 5.37. The molecule has 0 aliphatic rings. The first-order chi connectivity index (χ1) is 9.08. The smallest absolute Gasteiger partial charge is 0.0294 e. The van der Waals surface area contributed by atoms with Crippen LogP contribution in [-0.4, -0.2) is 0 Å². The topological polar surface area (TPSA) is 12.0 Å². The average molecular weight is 253 g/mol. The van der Waals surface area contributed by atoms with Crippen LogP contribution in [0.15, 0.2) is 42.5 Å². The minimum Gasteiger partial charge on any atom is -0.306 e. The van der Waals surface area contributed by atoms with Crippen molar-refractivity contribution in [1.82, 2.24) is 5.32 Å². The average Bonchev–Trinajstić information content (AvgIpc) is 2.41. The minimum atomic E-state index is 0.375. The molecule has 2 aromatic rings. The van der Waals surface area contributed by atoms with Gasteiger partial charge in [0.1, 0.15) is 0 Å². The van der Waals surface area contributed by atoms with Crippen molar-refractivity contribution < 1.29 is 0 Å². The van der Waals surface area contributed by atoms with Gasteiger partial charge in [0, 0.05) is 12.6 Å². The van der Waals surface area contributed by atoms with Crippen molar-refractivity contribution in [1.29, 1.82) is 0 Å². The molecule has 0 aliphatic heterocycles. The lowest BCUT2D eigenvalue weighted by Crippen LogP contribution is -2.18. The zero-order valence-electron chi connectivity index (χ0n) is 12.3. The van der Waals surface area contributed by atoms with Crippen LogP contribution in [0.25, 0.3) is 0 Å². The summed E-state index contributed by atoms with van der Waals surface area (Å²) in [6, 6.07) is 15.6. The normalized spacial score (nSPS) is 12.4. The Bertz CT molecular complexity index is 540. The zero-order chi connectivity index (χ0) is 13.8. The molecule has 0 bridgehead atoms. The summed E-state index contributed by atoms with van der Waals surface area (Å²) in [5.41, 5.74) is 6.80.